The van der Waals surface area contributed by atoms with Crippen LogP contribution in [0.25, 0.3) is 0 Å². The average molecular weight is 535 g/mol. The molecule has 0 spiro atoms. The van der Waals surface area contributed by atoms with Gasteiger partial charge in [0.15, 0.2) is 5.82 Å². The zero-order valence-corrected chi connectivity index (χ0v) is 22.9. The second-order valence-electron chi connectivity index (χ2n) is 9.19. The standard InChI is InChI=1S/C25H35ClN6O3S/c1-17-13-22(26)29-19(3)24(17)25(33)28-9-5-18(2)30-10-6-21(7-11-30)31(14-20-8-12-36-16-20)23(27-4)15-32(34)35/h8,12-13,15-16,18,21,27H,5-7,9-11,14H2,1-4H3,(H,28,33). The van der Waals surface area contributed by atoms with Crippen molar-refractivity contribution in [1.29, 1.82) is 0 Å². The van der Waals surface area contributed by atoms with E-state index in [4.69, 9.17) is 11.6 Å². The van der Waals surface area contributed by atoms with Crippen LogP contribution in [0.2, 0.25) is 5.15 Å². The van der Waals surface area contributed by atoms with E-state index in [0.29, 0.717) is 41.4 Å². The highest BCUT2D eigenvalue weighted by molar-refractivity contribution is 7.07. The number of carbonyl (C=O) groups is 1. The first kappa shape index (κ1) is 27.9. The zero-order chi connectivity index (χ0) is 26.2. The SMILES string of the molecule is CNC(=C[N+](=O)[O-])N(Cc1ccsc1)C1CCN(C(C)CCNC(=O)c2c(C)cc(Cl)nc2C)CC1. The summed E-state index contributed by atoms with van der Waals surface area (Å²) >= 11 is 7.61. The molecule has 9 nitrogen and oxygen atoms in total. The van der Waals surface area contributed by atoms with Gasteiger partial charge >= 0.3 is 0 Å². The number of halogens is 1. The Hall–Kier alpha value is -2.69. The number of rotatable bonds is 11. The quantitative estimate of drug-likeness (QED) is 0.253. The molecule has 1 amide bonds. The number of nitrogens with one attached hydrogen (secondary N) is 2. The van der Waals surface area contributed by atoms with Gasteiger partial charge in [-0.05, 0) is 74.1 Å². The van der Waals surface area contributed by atoms with Crippen molar-refractivity contribution >= 4 is 28.8 Å². The summed E-state index contributed by atoms with van der Waals surface area (Å²) in [4.78, 5) is 32.3. The maximum Gasteiger partial charge on any atom is 0.274 e. The lowest BCUT2D eigenvalue weighted by molar-refractivity contribution is -0.404. The summed E-state index contributed by atoms with van der Waals surface area (Å²) in [6.07, 6.45) is 3.71. The van der Waals surface area contributed by atoms with Crippen LogP contribution < -0.4 is 10.6 Å². The summed E-state index contributed by atoms with van der Waals surface area (Å²) in [5, 5.41) is 21.8. The van der Waals surface area contributed by atoms with Crippen LogP contribution in [0.4, 0.5) is 0 Å². The Morgan fingerprint density at radius 1 is 1.42 bits per heavy atom. The number of nitrogens with zero attached hydrogens (tertiary/aromatic N) is 4. The largest absolute Gasteiger partial charge is 0.370 e. The number of thiophene rings is 1. The lowest BCUT2D eigenvalue weighted by atomic mass is 10.00. The molecule has 3 rings (SSSR count). The van der Waals surface area contributed by atoms with Gasteiger partial charge in [0.2, 0.25) is 0 Å². The van der Waals surface area contributed by atoms with E-state index in [1.165, 1.54) is 0 Å². The third kappa shape index (κ3) is 7.41. The highest BCUT2D eigenvalue weighted by Crippen LogP contribution is 2.25. The van der Waals surface area contributed by atoms with E-state index in [-0.39, 0.29) is 11.9 Å². The first-order chi connectivity index (χ1) is 17.2. The predicted molar refractivity (Wildman–Crippen MR) is 144 cm³/mol. The Morgan fingerprint density at radius 3 is 2.72 bits per heavy atom. The molecule has 2 aromatic heterocycles. The molecule has 2 aromatic rings. The lowest BCUT2D eigenvalue weighted by Gasteiger charge is -2.41. The summed E-state index contributed by atoms with van der Waals surface area (Å²) in [5.74, 6) is 0.406. The monoisotopic (exact) mass is 534 g/mol. The molecule has 2 N–H and O–H groups in total. The number of carbonyl (C=O) groups excluding carboxylic acids is 1. The molecule has 36 heavy (non-hydrogen) atoms. The van der Waals surface area contributed by atoms with Gasteiger partial charge in [0.1, 0.15) is 5.15 Å². The normalized spacial score (nSPS) is 16.0. The first-order valence-corrected chi connectivity index (χ1v) is 13.5. The summed E-state index contributed by atoms with van der Waals surface area (Å²) in [7, 11) is 1.73. The number of nitro groups is 1. The lowest BCUT2D eigenvalue weighted by Crippen LogP contribution is -2.48. The Labute approximate surface area is 221 Å². The number of likely N-dealkylation sites (tertiary alicyclic amines) is 1. The Balaban J connectivity index is 1.54. The summed E-state index contributed by atoms with van der Waals surface area (Å²) < 4.78 is 0. The highest BCUT2D eigenvalue weighted by atomic mass is 35.5. The van der Waals surface area contributed by atoms with Gasteiger partial charge in [-0.2, -0.15) is 11.3 Å². The number of aryl methyl sites for hydroxylation is 2. The Bertz CT molecular complexity index is 1050. The topological polar surface area (TPSA) is 104 Å². The predicted octanol–water partition coefficient (Wildman–Crippen LogP) is 4.18. The fraction of sp³-hybridized carbons (Fsp3) is 0.520. The Kier molecular flexibility index (Phi) is 10.1. The minimum absolute atomic E-state index is 0.124. The molecule has 1 fully saturated rings. The van der Waals surface area contributed by atoms with E-state index in [0.717, 1.165) is 49.7 Å². The van der Waals surface area contributed by atoms with Crippen LogP contribution >= 0.6 is 22.9 Å². The number of amides is 1. The minimum Gasteiger partial charge on any atom is -0.370 e. The molecule has 1 unspecified atom stereocenters. The van der Waals surface area contributed by atoms with Crippen molar-refractivity contribution < 1.29 is 9.72 Å². The number of pyridine rings is 1. The van der Waals surface area contributed by atoms with Crippen LogP contribution in [0.1, 0.15) is 53.4 Å². The molecule has 0 saturated carbocycles. The van der Waals surface area contributed by atoms with Crippen molar-refractivity contribution in [2.45, 2.75) is 58.7 Å². The van der Waals surface area contributed by atoms with Crippen molar-refractivity contribution in [2.75, 3.05) is 26.7 Å². The van der Waals surface area contributed by atoms with Crippen molar-refractivity contribution in [1.82, 2.24) is 25.4 Å². The van der Waals surface area contributed by atoms with Gasteiger partial charge < -0.3 is 20.4 Å². The van der Waals surface area contributed by atoms with Gasteiger partial charge in [0.25, 0.3) is 12.1 Å². The van der Waals surface area contributed by atoms with Gasteiger partial charge in [-0.3, -0.25) is 14.9 Å². The minimum atomic E-state index is -0.402. The van der Waals surface area contributed by atoms with Gasteiger partial charge in [-0.1, -0.05) is 11.6 Å². The number of hydrogen-bond donors (Lipinski definition) is 2. The Morgan fingerprint density at radius 2 is 2.14 bits per heavy atom. The summed E-state index contributed by atoms with van der Waals surface area (Å²) in [5.41, 5.74) is 3.19. The van der Waals surface area contributed by atoms with Crippen LogP contribution in [0.3, 0.4) is 0 Å². The molecule has 1 aliphatic rings. The van der Waals surface area contributed by atoms with Crippen molar-refractivity contribution in [3.8, 4) is 0 Å². The van der Waals surface area contributed by atoms with Crippen LogP contribution in [-0.2, 0) is 6.54 Å². The van der Waals surface area contributed by atoms with E-state index >= 15 is 0 Å². The van der Waals surface area contributed by atoms with E-state index in [1.54, 1.807) is 31.4 Å². The summed E-state index contributed by atoms with van der Waals surface area (Å²) in [6.45, 7) is 8.84. The van der Waals surface area contributed by atoms with Crippen molar-refractivity contribution in [2.24, 2.45) is 0 Å². The van der Waals surface area contributed by atoms with E-state index in [9.17, 15) is 14.9 Å². The van der Waals surface area contributed by atoms with Crippen molar-refractivity contribution in [3.05, 3.63) is 72.6 Å². The second kappa shape index (κ2) is 13.0. The number of hydrogen-bond acceptors (Lipinski definition) is 8. The molecule has 1 aliphatic heterocycles. The molecule has 1 saturated heterocycles. The molecular formula is C25H35ClN6O3S. The molecule has 11 heteroatoms. The molecule has 0 radical (unpaired) electrons. The van der Waals surface area contributed by atoms with E-state index in [2.05, 4.69) is 43.8 Å². The van der Waals surface area contributed by atoms with Crippen molar-refractivity contribution in [3.63, 3.8) is 0 Å². The first-order valence-electron chi connectivity index (χ1n) is 12.2. The molecule has 1 atom stereocenters. The van der Waals surface area contributed by atoms with E-state index < -0.39 is 4.92 Å². The fourth-order valence-corrected chi connectivity index (χ4v) is 5.75. The smallest absolute Gasteiger partial charge is 0.274 e. The molecule has 196 valence electrons. The van der Waals surface area contributed by atoms with Gasteiger partial charge in [0.05, 0.1) is 16.2 Å². The molecule has 0 bridgehead atoms. The van der Waals surface area contributed by atoms with Crippen LogP contribution in [0, 0.1) is 24.0 Å². The maximum atomic E-state index is 12.7. The van der Waals surface area contributed by atoms with Gasteiger partial charge in [0, 0.05) is 45.3 Å². The van der Waals surface area contributed by atoms with Crippen LogP contribution in [-0.4, -0.2) is 64.4 Å². The average Bonchev–Trinajstić information content (AvgIpc) is 3.34. The van der Waals surface area contributed by atoms with Crippen LogP contribution in [0.5, 0.6) is 0 Å². The highest BCUT2D eigenvalue weighted by Gasteiger charge is 2.29. The number of aromatic nitrogens is 1. The summed E-state index contributed by atoms with van der Waals surface area (Å²) in [6, 6.07) is 4.28. The van der Waals surface area contributed by atoms with Crippen LogP contribution in [0.15, 0.2) is 34.9 Å². The maximum absolute atomic E-state index is 12.7. The fourth-order valence-electron chi connectivity index (χ4n) is 4.80. The second-order valence-corrected chi connectivity index (χ2v) is 10.4. The van der Waals surface area contributed by atoms with Gasteiger partial charge in [-0.25, -0.2) is 4.98 Å². The molecule has 0 aromatic carbocycles. The zero-order valence-electron chi connectivity index (χ0n) is 21.3. The van der Waals surface area contributed by atoms with Gasteiger partial charge in [-0.15, -0.1) is 0 Å². The third-order valence-electron chi connectivity index (χ3n) is 6.73. The molecule has 3 heterocycles. The number of piperidine rings is 1. The third-order valence-corrected chi connectivity index (χ3v) is 7.66. The molecule has 0 aliphatic carbocycles. The molecular weight excluding hydrogens is 500 g/mol. The van der Waals surface area contributed by atoms with E-state index in [1.807, 2.05) is 12.3 Å².